The Labute approximate surface area is 115 Å². The zero-order valence-corrected chi connectivity index (χ0v) is 12.1. The van der Waals surface area contributed by atoms with Crippen LogP contribution < -0.4 is 5.73 Å². The lowest BCUT2D eigenvalue weighted by Crippen LogP contribution is -2.49. The predicted molar refractivity (Wildman–Crippen MR) is 77.3 cm³/mol. The van der Waals surface area contributed by atoms with Gasteiger partial charge in [0.2, 0.25) is 5.91 Å². The van der Waals surface area contributed by atoms with Crippen molar-refractivity contribution >= 4 is 23.1 Å². The highest BCUT2D eigenvalue weighted by molar-refractivity contribution is 7.80. The molecule has 3 nitrogen and oxygen atoms in total. The van der Waals surface area contributed by atoms with Gasteiger partial charge in [0, 0.05) is 13.1 Å². The summed E-state index contributed by atoms with van der Waals surface area (Å²) in [6, 6.07) is 0. The fourth-order valence-corrected chi connectivity index (χ4v) is 3.61. The van der Waals surface area contributed by atoms with Crippen LogP contribution in [-0.2, 0) is 4.79 Å². The number of nitrogens with zero attached hydrogens (tertiary/aromatic N) is 1. The highest BCUT2D eigenvalue weighted by Gasteiger charge is 2.44. The lowest BCUT2D eigenvalue weighted by atomic mass is 9.79. The van der Waals surface area contributed by atoms with Crippen LogP contribution in [0.5, 0.6) is 0 Å². The van der Waals surface area contributed by atoms with E-state index in [1.807, 2.05) is 4.90 Å². The molecular weight excluding hydrogens is 244 g/mol. The standard InChI is InChI=1S/C14H24N2OS/c1-11-6-9-16(10-11)13(17)14(12(15)18)7-4-2-3-5-8-14/h11H,2-10H2,1H3,(H2,15,18). The summed E-state index contributed by atoms with van der Waals surface area (Å²) in [4.78, 5) is 15.2. The number of rotatable bonds is 2. The molecule has 1 atom stereocenters. The SMILES string of the molecule is CC1CCN(C(=O)C2(C(N)=S)CCCCCC2)C1. The molecule has 2 aliphatic rings. The fourth-order valence-electron chi connectivity index (χ4n) is 3.32. The number of hydrogen-bond donors (Lipinski definition) is 1. The van der Waals surface area contributed by atoms with Gasteiger partial charge in [0.05, 0.1) is 10.4 Å². The number of amides is 1. The molecule has 0 aromatic heterocycles. The van der Waals surface area contributed by atoms with Crippen LogP contribution in [0, 0.1) is 11.3 Å². The topological polar surface area (TPSA) is 46.3 Å². The average Bonchev–Trinajstić information content (AvgIpc) is 2.63. The van der Waals surface area contributed by atoms with Gasteiger partial charge in [-0.05, 0) is 25.2 Å². The van der Waals surface area contributed by atoms with Crippen LogP contribution in [0.2, 0.25) is 0 Å². The normalized spacial score (nSPS) is 27.8. The van der Waals surface area contributed by atoms with Gasteiger partial charge < -0.3 is 10.6 Å². The summed E-state index contributed by atoms with van der Waals surface area (Å²) in [5.74, 6) is 0.823. The highest BCUT2D eigenvalue weighted by Crippen LogP contribution is 2.38. The Hall–Kier alpha value is -0.640. The van der Waals surface area contributed by atoms with Gasteiger partial charge in [0.25, 0.3) is 0 Å². The van der Waals surface area contributed by atoms with Crippen molar-refractivity contribution in [2.45, 2.75) is 51.9 Å². The Kier molecular flexibility index (Phi) is 4.25. The van der Waals surface area contributed by atoms with E-state index in [1.165, 1.54) is 12.8 Å². The molecule has 1 unspecified atom stereocenters. The van der Waals surface area contributed by atoms with Crippen molar-refractivity contribution in [2.75, 3.05) is 13.1 Å². The molecule has 0 aromatic rings. The minimum atomic E-state index is -0.532. The van der Waals surface area contributed by atoms with Gasteiger partial charge in [-0.3, -0.25) is 4.79 Å². The largest absolute Gasteiger partial charge is 0.392 e. The van der Waals surface area contributed by atoms with Crippen LogP contribution in [-0.4, -0.2) is 28.9 Å². The minimum Gasteiger partial charge on any atom is -0.392 e. The monoisotopic (exact) mass is 268 g/mol. The summed E-state index contributed by atoms with van der Waals surface area (Å²) in [5.41, 5.74) is 5.43. The van der Waals surface area contributed by atoms with Crippen molar-refractivity contribution in [3.63, 3.8) is 0 Å². The van der Waals surface area contributed by atoms with Gasteiger partial charge in [-0.15, -0.1) is 0 Å². The van der Waals surface area contributed by atoms with E-state index in [-0.39, 0.29) is 5.91 Å². The van der Waals surface area contributed by atoms with E-state index >= 15 is 0 Å². The number of carbonyl (C=O) groups is 1. The Morgan fingerprint density at radius 3 is 2.33 bits per heavy atom. The number of carbonyl (C=O) groups excluding carboxylic acids is 1. The molecule has 1 amide bonds. The first-order valence-corrected chi connectivity index (χ1v) is 7.56. The summed E-state index contributed by atoms with van der Waals surface area (Å²) < 4.78 is 0. The smallest absolute Gasteiger partial charge is 0.235 e. The van der Waals surface area contributed by atoms with E-state index in [9.17, 15) is 4.79 Å². The van der Waals surface area contributed by atoms with E-state index in [0.717, 1.165) is 45.2 Å². The van der Waals surface area contributed by atoms with Crippen LogP contribution in [0.1, 0.15) is 51.9 Å². The Morgan fingerprint density at radius 2 is 1.89 bits per heavy atom. The number of hydrogen-bond acceptors (Lipinski definition) is 2. The Morgan fingerprint density at radius 1 is 1.28 bits per heavy atom. The molecular formula is C14H24N2OS. The zero-order valence-electron chi connectivity index (χ0n) is 11.3. The lowest BCUT2D eigenvalue weighted by Gasteiger charge is -2.34. The van der Waals surface area contributed by atoms with Crippen molar-refractivity contribution in [1.29, 1.82) is 0 Å². The molecule has 0 spiro atoms. The second-order valence-corrected chi connectivity index (χ2v) is 6.45. The molecule has 2 N–H and O–H groups in total. The fraction of sp³-hybridized carbons (Fsp3) is 0.857. The molecule has 0 bridgehead atoms. The summed E-state index contributed by atoms with van der Waals surface area (Å²) in [7, 11) is 0. The molecule has 1 heterocycles. The van der Waals surface area contributed by atoms with Crippen LogP contribution in [0.15, 0.2) is 0 Å². The molecule has 1 aliphatic heterocycles. The average molecular weight is 268 g/mol. The second kappa shape index (κ2) is 5.55. The summed E-state index contributed by atoms with van der Waals surface area (Å²) in [6.45, 7) is 3.96. The summed E-state index contributed by atoms with van der Waals surface area (Å²) >= 11 is 5.26. The first kappa shape index (κ1) is 13.8. The van der Waals surface area contributed by atoms with E-state index in [1.54, 1.807) is 0 Å². The van der Waals surface area contributed by atoms with E-state index in [4.69, 9.17) is 18.0 Å². The van der Waals surface area contributed by atoms with Crippen molar-refractivity contribution in [1.82, 2.24) is 4.90 Å². The molecule has 4 heteroatoms. The second-order valence-electron chi connectivity index (χ2n) is 6.01. The van der Waals surface area contributed by atoms with Gasteiger partial charge in [-0.1, -0.05) is 44.8 Å². The highest BCUT2D eigenvalue weighted by atomic mass is 32.1. The van der Waals surface area contributed by atoms with Gasteiger partial charge in [0.1, 0.15) is 0 Å². The number of likely N-dealkylation sites (tertiary alicyclic amines) is 1. The first-order chi connectivity index (χ1) is 8.56. The molecule has 2 fully saturated rings. The molecule has 1 saturated heterocycles. The van der Waals surface area contributed by atoms with Gasteiger partial charge in [-0.2, -0.15) is 0 Å². The van der Waals surface area contributed by atoms with Crippen LogP contribution in [0.3, 0.4) is 0 Å². The van der Waals surface area contributed by atoms with Crippen molar-refractivity contribution in [3.8, 4) is 0 Å². The maximum atomic E-state index is 12.8. The third kappa shape index (κ3) is 2.53. The third-order valence-electron chi connectivity index (χ3n) is 4.55. The quantitative estimate of drug-likeness (QED) is 0.618. The van der Waals surface area contributed by atoms with E-state index < -0.39 is 5.41 Å². The number of thiocarbonyl (C=S) groups is 1. The molecule has 1 saturated carbocycles. The predicted octanol–water partition coefficient (Wildman–Crippen LogP) is 2.48. The van der Waals surface area contributed by atoms with E-state index in [0.29, 0.717) is 10.9 Å². The van der Waals surface area contributed by atoms with Gasteiger partial charge in [-0.25, -0.2) is 0 Å². The van der Waals surface area contributed by atoms with Crippen molar-refractivity contribution < 1.29 is 4.79 Å². The maximum absolute atomic E-state index is 12.8. The van der Waals surface area contributed by atoms with Crippen LogP contribution >= 0.6 is 12.2 Å². The Balaban J connectivity index is 2.18. The molecule has 1 aliphatic carbocycles. The zero-order chi connectivity index (χ0) is 13.2. The van der Waals surface area contributed by atoms with E-state index in [2.05, 4.69) is 6.92 Å². The summed E-state index contributed by atoms with van der Waals surface area (Å²) in [6.07, 6.45) is 7.37. The van der Waals surface area contributed by atoms with Crippen molar-refractivity contribution in [2.24, 2.45) is 17.1 Å². The third-order valence-corrected chi connectivity index (χ3v) is 4.94. The van der Waals surface area contributed by atoms with Gasteiger partial charge in [0.15, 0.2) is 0 Å². The molecule has 2 rings (SSSR count). The molecule has 18 heavy (non-hydrogen) atoms. The minimum absolute atomic E-state index is 0.209. The van der Waals surface area contributed by atoms with Crippen molar-refractivity contribution in [3.05, 3.63) is 0 Å². The van der Waals surface area contributed by atoms with Crippen LogP contribution in [0.4, 0.5) is 0 Å². The van der Waals surface area contributed by atoms with Crippen LogP contribution in [0.25, 0.3) is 0 Å². The van der Waals surface area contributed by atoms with Gasteiger partial charge >= 0.3 is 0 Å². The molecule has 102 valence electrons. The Bertz CT molecular complexity index is 335. The molecule has 0 radical (unpaired) electrons. The first-order valence-electron chi connectivity index (χ1n) is 7.15. The summed E-state index contributed by atoms with van der Waals surface area (Å²) in [5, 5.41) is 0. The number of nitrogens with two attached hydrogens (primary N) is 1. The molecule has 0 aromatic carbocycles. The maximum Gasteiger partial charge on any atom is 0.235 e. The lowest BCUT2D eigenvalue weighted by molar-refractivity contribution is -0.138.